The predicted molar refractivity (Wildman–Crippen MR) is 72.0 cm³/mol. The number of nitrogens with zero attached hydrogens (tertiary/aromatic N) is 3. The highest BCUT2D eigenvalue weighted by Gasteiger charge is 2.04. The molecule has 90 valence electrons. The van der Waals surface area contributed by atoms with E-state index in [0.717, 1.165) is 23.2 Å². The number of thiophene rings is 1. The molecule has 17 heavy (non-hydrogen) atoms. The van der Waals surface area contributed by atoms with Gasteiger partial charge in [-0.05, 0) is 17.5 Å². The zero-order valence-electron chi connectivity index (χ0n) is 9.63. The second-order valence-electron chi connectivity index (χ2n) is 3.57. The molecule has 3 N–H and O–H groups in total. The molecule has 0 spiro atoms. The zero-order chi connectivity index (χ0) is 12.1. The topological polar surface area (TPSA) is 67.1 Å². The van der Waals surface area contributed by atoms with Gasteiger partial charge in [-0.15, -0.1) is 11.3 Å². The molecule has 6 heteroatoms. The van der Waals surface area contributed by atoms with Crippen LogP contribution in [-0.4, -0.2) is 30.1 Å². The van der Waals surface area contributed by atoms with E-state index in [1.165, 1.54) is 0 Å². The van der Waals surface area contributed by atoms with Gasteiger partial charge >= 0.3 is 0 Å². The molecule has 0 unspecified atom stereocenters. The summed E-state index contributed by atoms with van der Waals surface area (Å²) in [5.41, 5.74) is 5.52. The smallest absolute Gasteiger partial charge is 0.136 e. The van der Waals surface area contributed by atoms with Crippen molar-refractivity contribution < 1.29 is 0 Å². The maximum Gasteiger partial charge on any atom is 0.136 e. The lowest BCUT2D eigenvalue weighted by Crippen LogP contribution is -2.25. The third kappa shape index (κ3) is 3.15. The van der Waals surface area contributed by atoms with E-state index in [0.29, 0.717) is 6.54 Å². The molecule has 2 aromatic rings. The maximum absolute atomic E-state index is 5.52. The predicted octanol–water partition coefficient (Wildman–Crippen LogP) is 1.68. The van der Waals surface area contributed by atoms with E-state index < -0.39 is 0 Å². The van der Waals surface area contributed by atoms with Crippen LogP contribution >= 0.6 is 11.3 Å². The lowest BCUT2D eigenvalue weighted by molar-refractivity contribution is 0.864. The van der Waals surface area contributed by atoms with Crippen LogP contribution in [-0.2, 0) is 0 Å². The molecule has 0 saturated carbocycles. The van der Waals surface area contributed by atoms with E-state index in [1.54, 1.807) is 17.7 Å². The monoisotopic (exact) mass is 249 g/mol. The minimum absolute atomic E-state index is 0.605. The van der Waals surface area contributed by atoms with Gasteiger partial charge in [0, 0.05) is 26.2 Å². The molecule has 0 aliphatic heterocycles. The Balaban J connectivity index is 2.11. The Hall–Kier alpha value is -1.66. The molecule has 2 rings (SSSR count). The molecule has 0 atom stereocenters. The van der Waals surface area contributed by atoms with Crippen molar-refractivity contribution in [3.05, 3.63) is 29.9 Å². The summed E-state index contributed by atoms with van der Waals surface area (Å²) in [5.74, 6) is 1.66. The van der Waals surface area contributed by atoms with Gasteiger partial charge in [-0.25, -0.2) is 9.97 Å². The summed E-state index contributed by atoms with van der Waals surface area (Å²) in [6.45, 7) is 1.38. The van der Waals surface area contributed by atoms with Gasteiger partial charge in [0.05, 0.1) is 5.00 Å². The highest BCUT2D eigenvalue weighted by Crippen LogP contribution is 2.21. The van der Waals surface area contributed by atoms with Crippen LogP contribution in [0.3, 0.4) is 0 Å². The summed E-state index contributed by atoms with van der Waals surface area (Å²) in [4.78, 5) is 10.4. The van der Waals surface area contributed by atoms with Gasteiger partial charge in [0.2, 0.25) is 0 Å². The van der Waals surface area contributed by atoms with Crippen molar-refractivity contribution >= 4 is 28.0 Å². The number of rotatable bonds is 5. The SMILES string of the molecule is CN(CCN)c1cc(Nc2cccs2)ncn1. The first kappa shape index (κ1) is 11.8. The Labute approximate surface area is 104 Å². The number of aromatic nitrogens is 2. The summed E-state index contributed by atoms with van der Waals surface area (Å²) in [5, 5.41) is 6.32. The van der Waals surface area contributed by atoms with Gasteiger partial charge in [0.25, 0.3) is 0 Å². The van der Waals surface area contributed by atoms with Gasteiger partial charge in [-0.1, -0.05) is 0 Å². The van der Waals surface area contributed by atoms with Crippen molar-refractivity contribution in [3.8, 4) is 0 Å². The van der Waals surface area contributed by atoms with Crippen LogP contribution in [0.25, 0.3) is 0 Å². The van der Waals surface area contributed by atoms with Crippen molar-refractivity contribution in [3.63, 3.8) is 0 Å². The average Bonchev–Trinajstić information content (AvgIpc) is 2.82. The van der Waals surface area contributed by atoms with Crippen molar-refractivity contribution in [1.82, 2.24) is 9.97 Å². The molecule has 2 heterocycles. The lowest BCUT2D eigenvalue weighted by Gasteiger charge is -2.17. The van der Waals surface area contributed by atoms with Crippen molar-refractivity contribution in [2.24, 2.45) is 5.73 Å². The van der Waals surface area contributed by atoms with Gasteiger partial charge < -0.3 is 16.0 Å². The Kier molecular flexibility index (Phi) is 3.89. The Morgan fingerprint density at radius 1 is 1.47 bits per heavy atom. The second kappa shape index (κ2) is 5.60. The lowest BCUT2D eigenvalue weighted by atomic mass is 10.4. The van der Waals surface area contributed by atoms with E-state index in [9.17, 15) is 0 Å². The fraction of sp³-hybridized carbons (Fsp3) is 0.273. The molecular formula is C11H15N5S. The van der Waals surface area contributed by atoms with E-state index >= 15 is 0 Å². The normalized spacial score (nSPS) is 10.2. The van der Waals surface area contributed by atoms with Gasteiger partial charge in [0.1, 0.15) is 18.0 Å². The van der Waals surface area contributed by atoms with E-state index in [2.05, 4.69) is 15.3 Å². The van der Waals surface area contributed by atoms with Crippen LogP contribution in [0.4, 0.5) is 16.6 Å². The van der Waals surface area contributed by atoms with Crippen LogP contribution in [0.2, 0.25) is 0 Å². The summed E-state index contributed by atoms with van der Waals surface area (Å²) in [6, 6.07) is 5.92. The molecule has 0 bridgehead atoms. The maximum atomic E-state index is 5.52. The molecule has 0 saturated heterocycles. The number of nitrogens with two attached hydrogens (primary N) is 1. The minimum atomic E-state index is 0.605. The summed E-state index contributed by atoms with van der Waals surface area (Å²) >= 11 is 1.64. The fourth-order valence-electron chi connectivity index (χ4n) is 1.41. The van der Waals surface area contributed by atoms with Crippen LogP contribution in [0, 0.1) is 0 Å². The number of likely N-dealkylation sites (N-methyl/N-ethyl adjacent to an activating group) is 1. The second-order valence-corrected chi connectivity index (χ2v) is 4.52. The zero-order valence-corrected chi connectivity index (χ0v) is 10.4. The quantitative estimate of drug-likeness (QED) is 0.844. The third-order valence-electron chi connectivity index (χ3n) is 2.28. The molecule has 0 radical (unpaired) electrons. The van der Waals surface area contributed by atoms with Crippen molar-refractivity contribution in [1.29, 1.82) is 0 Å². The summed E-state index contributed by atoms with van der Waals surface area (Å²) in [7, 11) is 1.96. The van der Waals surface area contributed by atoms with Crippen molar-refractivity contribution in [2.75, 3.05) is 30.4 Å². The largest absolute Gasteiger partial charge is 0.358 e. The van der Waals surface area contributed by atoms with E-state index in [-0.39, 0.29) is 0 Å². The van der Waals surface area contributed by atoms with E-state index in [4.69, 9.17) is 5.73 Å². The first-order chi connectivity index (χ1) is 8.29. The van der Waals surface area contributed by atoms with Gasteiger partial charge in [-0.2, -0.15) is 0 Å². The molecule has 2 aromatic heterocycles. The summed E-state index contributed by atoms with van der Waals surface area (Å²) in [6.07, 6.45) is 1.55. The minimum Gasteiger partial charge on any atom is -0.358 e. The molecule has 0 aliphatic rings. The highest BCUT2D eigenvalue weighted by atomic mass is 32.1. The number of anilines is 3. The van der Waals surface area contributed by atoms with Crippen LogP contribution in [0.5, 0.6) is 0 Å². The third-order valence-corrected chi connectivity index (χ3v) is 3.07. The van der Waals surface area contributed by atoms with Crippen LogP contribution in [0.15, 0.2) is 29.9 Å². The molecular weight excluding hydrogens is 234 g/mol. The highest BCUT2D eigenvalue weighted by molar-refractivity contribution is 7.14. The van der Waals surface area contributed by atoms with Crippen LogP contribution < -0.4 is 16.0 Å². The van der Waals surface area contributed by atoms with Gasteiger partial charge in [0.15, 0.2) is 0 Å². The van der Waals surface area contributed by atoms with Crippen LogP contribution in [0.1, 0.15) is 0 Å². The average molecular weight is 249 g/mol. The summed E-state index contributed by atoms with van der Waals surface area (Å²) < 4.78 is 0. The Morgan fingerprint density at radius 3 is 3.06 bits per heavy atom. The Bertz CT molecular complexity index is 457. The number of hydrogen-bond donors (Lipinski definition) is 2. The fourth-order valence-corrected chi connectivity index (χ4v) is 2.03. The standard InChI is InChI=1S/C11H15N5S/c1-16(5-4-12)10-7-9(13-8-14-10)15-11-3-2-6-17-11/h2-3,6-8H,4-5,12H2,1H3,(H,13,14,15). The van der Waals surface area contributed by atoms with E-state index in [1.807, 2.05) is 35.5 Å². The number of nitrogens with one attached hydrogen (secondary N) is 1. The molecule has 0 aliphatic carbocycles. The first-order valence-corrected chi connectivity index (χ1v) is 6.21. The molecule has 0 fully saturated rings. The molecule has 5 nitrogen and oxygen atoms in total. The van der Waals surface area contributed by atoms with Crippen molar-refractivity contribution in [2.45, 2.75) is 0 Å². The first-order valence-electron chi connectivity index (χ1n) is 5.33. The molecule has 0 aromatic carbocycles. The Morgan fingerprint density at radius 2 is 2.35 bits per heavy atom. The molecule has 0 amide bonds. The van der Waals surface area contributed by atoms with Gasteiger partial charge in [-0.3, -0.25) is 0 Å². The number of hydrogen-bond acceptors (Lipinski definition) is 6.